The van der Waals surface area contributed by atoms with E-state index in [2.05, 4.69) is 14.8 Å². The van der Waals surface area contributed by atoms with Gasteiger partial charge in [-0.25, -0.2) is 14.6 Å². The first-order valence-electron chi connectivity index (χ1n) is 9.09. The molecule has 0 fully saturated rings. The Balaban J connectivity index is 0. The van der Waals surface area contributed by atoms with E-state index >= 15 is 0 Å². The van der Waals surface area contributed by atoms with Crippen LogP contribution >= 0.6 is 0 Å². The molecule has 1 N–H and O–H groups in total. The van der Waals surface area contributed by atoms with Gasteiger partial charge in [0.25, 0.3) is 0 Å². The van der Waals surface area contributed by atoms with Crippen molar-refractivity contribution in [2.45, 2.75) is 92.3 Å². The number of carboxylic acid groups (broad SMARTS) is 1. The van der Waals surface area contributed by atoms with Gasteiger partial charge in [0.05, 0.1) is 18.1 Å². The number of rotatable bonds is 12. The second kappa shape index (κ2) is 16.0. The predicted molar refractivity (Wildman–Crippen MR) is 95.7 cm³/mol. The van der Waals surface area contributed by atoms with E-state index in [9.17, 15) is 9.59 Å². The number of carbonyl (C=O) groups is 2. The molecule has 0 saturated carbocycles. The van der Waals surface area contributed by atoms with Crippen LogP contribution in [0.5, 0.6) is 0 Å². The summed E-state index contributed by atoms with van der Waals surface area (Å²) in [7, 11) is 0. The summed E-state index contributed by atoms with van der Waals surface area (Å²) >= 11 is 0. The first-order valence-corrected chi connectivity index (χ1v) is 9.09. The van der Waals surface area contributed by atoms with Gasteiger partial charge in [-0.05, 0) is 45.6 Å². The first kappa shape index (κ1) is 27.0. The average molecular weight is 380 g/mol. The quantitative estimate of drug-likeness (QED) is 0.305. The molecular formula is C18H36O8. The molecule has 8 nitrogen and oxygen atoms in total. The van der Waals surface area contributed by atoms with E-state index in [1.165, 1.54) is 6.92 Å². The Morgan fingerprint density at radius 3 is 2.08 bits per heavy atom. The number of carbonyl (C=O) groups excluding carboxylic acids is 1. The normalized spacial score (nSPS) is 13.3. The lowest BCUT2D eigenvalue weighted by Gasteiger charge is -2.24. The molecule has 0 amide bonds. The lowest BCUT2D eigenvalue weighted by molar-refractivity contribution is -0.485. The second-order valence-corrected chi connectivity index (χ2v) is 6.90. The Labute approximate surface area is 156 Å². The van der Waals surface area contributed by atoms with Crippen LogP contribution in [0.3, 0.4) is 0 Å². The lowest BCUT2D eigenvalue weighted by Crippen LogP contribution is -2.31. The smallest absolute Gasteiger partial charge is 0.342 e. The average Bonchev–Trinajstić information content (AvgIpc) is 2.52. The van der Waals surface area contributed by atoms with Crippen LogP contribution in [0.25, 0.3) is 0 Å². The third kappa shape index (κ3) is 19.1. The Kier molecular flexibility index (Phi) is 16.6. The van der Waals surface area contributed by atoms with E-state index in [4.69, 9.17) is 14.9 Å². The fraction of sp³-hybridized carbons (Fsp3) is 0.889. The van der Waals surface area contributed by atoms with Crippen molar-refractivity contribution in [3.63, 3.8) is 0 Å². The molecule has 0 spiro atoms. The highest BCUT2D eigenvalue weighted by atomic mass is 17.5. The molecule has 0 aliphatic heterocycles. The third-order valence-corrected chi connectivity index (χ3v) is 2.98. The summed E-state index contributed by atoms with van der Waals surface area (Å²) < 4.78 is 0. The summed E-state index contributed by atoms with van der Waals surface area (Å²) in [5, 5.41) is 13.1. The van der Waals surface area contributed by atoms with Crippen molar-refractivity contribution in [3.05, 3.63) is 0 Å². The van der Waals surface area contributed by atoms with Crippen molar-refractivity contribution in [3.8, 4) is 0 Å². The SMILES string of the molecule is CCCCC(C(=O)O)C(C)OOC(C)(C)C.CCCCOOOC(C)=O. The molecule has 0 bridgehead atoms. The van der Waals surface area contributed by atoms with Crippen LogP contribution in [0.4, 0.5) is 0 Å². The number of carboxylic acids is 1. The first-order chi connectivity index (χ1) is 12.0. The van der Waals surface area contributed by atoms with Gasteiger partial charge < -0.3 is 5.11 Å². The van der Waals surface area contributed by atoms with Crippen molar-refractivity contribution in [1.29, 1.82) is 0 Å². The summed E-state index contributed by atoms with van der Waals surface area (Å²) in [5.41, 5.74) is -0.415. The fourth-order valence-electron chi connectivity index (χ4n) is 1.58. The molecule has 0 aliphatic rings. The van der Waals surface area contributed by atoms with Crippen LogP contribution in [0.1, 0.15) is 80.6 Å². The maximum atomic E-state index is 11.0. The van der Waals surface area contributed by atoms with E-state index in [1.54, 1.807) is 6.92 Å². The molecular weight excluding hydrogens is 344 g/mol. The van der Waals surface area contributed by atoms with Gasteiger partial charge >= 0.3 is 11.9 Å². The molecule has 0 radical (unpaired) electrons. The summed E-state index contributed by atoms with van der Waals surface area (Å²) in [6.07, 6.45) is 3.98. The minimum atomic E-state index is -0.821. The van der Waals surface area contributed by atoms with Crippen LogP contribution in [0.2, 0.25) is 0 Å². The molecule has 8 heteroatoms. The third-order valence-electron chi connectivity index (χ3n) is 2.98. The maximum Gasteiger partial charge on any atom is 0.342 e. The summed E-state index contributed by atoms with van der Waals surface area (Å²) in [6.45, 7) is 13.1. The van der Waals surface area contributed by atoms with Crippen LogP contribution < -0.4 is 0 Å². The Morgan fingerprint density at radius 1 is 1.08 bits per heavy atom. The van der Waals surface area contributed by atoms with E-state index in [0.717, 1.165) is 25.7 Å². The Bertz CT molecular complexity index is 365. The van der Waals surface area contributed by atoms with Gasteiger partial charge in [0, 0.05) is 6.92 Å². The van der Waals surface area contributed by atoms with Gasteiger partial charge in [0.1, 0.15) is 6.10 Å². The topological polar surface area (TPSA) is 101 Å². The minimum absolute atomic E-state index is 0.415. The molecule has 0 rings (SSSR count). The molecule has 0 aromatic heterocycles. The van der Waals surface area contributed by atoms with Crippen LogP contribution in [0, 0.1) is 5.92 Å². The van der Waals surface area contributed by atoms with Gasteiger partial charge in [-0.15, -0.1) is 0 Å². The Hall–Kier alpha value is -1.22. The second-order valence-electron chi connectivity index (χ2n) is 6.90. The van der Waals surface area contributed by atoms with Gasteiger partial charge in [-0.1, -0.05) is 33.1 Å². The molecule has 0 heterocycles. The molecule has 156 valence electrons. The van der Waals surface area contributed by atoms with Crippen molar-refractivity contribution < 1.29 is 39.3 Å². The van der Waals surface area contributed by atoms with Crippen molar-refractivity contribution in [1.82, 2.24) is 0 Å². The van der Waals surface area contributed by atoms with Gasteiger partial charge in [-0.3, -0.25) is 9.68 Å². The molecule has 26 heavy (non-hydrogen) atoms. The molecule has 2 unspecified atom stereocenters. The molecule has 2 atom stereocenters. The van der Waals surface area contributed by atoms with E-state index < -0.39 is 29.6 Å². The number of unbranched alkanes of at least 4 members (excludes halogenated alkanes) is 2. The zero-order chi connectivity index (χ0) is 20.6. The standard InChI is InChI=1S/C12H24O4.C6H12O4/c1-6-7-8-10(11(13)14)9(2)15-16-12(3,4)5;1-3-4-5-8-10-9-6(2)7/h9-10H,6-8H2,1-5H3,(H,13,14);3-5H2,1-2H3. The number of hydrogen-bond donors (Lipinski definition) is 1. The maximum absolute atomic E-state index is 11.0. The molecule has 0 aromatic carbocycles. The van der Waals surface area contributed by atoms with Crippen molar-refractivity contribution >= 4 is 11.9 Å². The number of aliphatic carboxylic acids is 1. The summed E-state index contributed by atoms with van der Waals surface area (Å²) in [5.74, 6) is -1.84. The van der Waals surface area contributed by atoms with Crippen molar-refractivity contribution in [2.24, 2.45) is 5.92 Å². The van der Waals surface area contributed by atoms with Gasteiger partial charge in [-0.2, -0.15) is 4.89 Å². The molecule has 0 aliphatic carbocycles. The zero-order valence-corrected chi connectivity index (χ0v) is 17.2. The zero-order valence-electron chi connectivity index (χ0n) is 17.2. The highest BCUT2D eigenvalue weighted by Crippen LogP contribution is 2.19. The van der Waals surface area contributed by atoms with E-state index in [1.807, 2.05) is 34.6 Å². The molecule has 0 aromatic rings. The largest absolute Gasteiger partial charge is 0.481 e. The fourth-order valence-corrected chi connectivity index (χ4v) is 1.58. The summed E-state index contributed by atoms with van der Waals surface area (Å²) in [4.78, 5) is 39.8. The highest BCUT2D eigenvalue weighted by Gasteiger charge is 2.27. The van der Waals surface area contributed by atoms with E-state index in [-0.39, 0.29) is 0 Å². The number of hydrogen-bond acceptors (Lipinski definition) is 7. The monoisotopic (exact) mass is 380 g/mol. The lowest BCUT2D eigenvalue weighted by atomic mass is 9.97. The van der Waals surface area contributed by atoms with Gasteiger partial charge in [0.15, 0.2) is 0 Å². The van der Waals surface area contributed by atoms with Crippen LogP contribution in [0.15, 0.2) is 0 Å². The predicted octanol–water partition coefficient (Wildman–Crippen LogP) is 4.23. The van der Waals surface area contributed by atoms with Crippen LogP contribution in [-0.4, -0.2) is 35.4 Å². The van der Waals surface area contributed by atoms with Crippen LogP contribution in [-0.2, 0) is 34.2 Å². The highest BCUT2D eigenvalue weighted by molar-refractivity contribution is 5.70. The van der Waals surface area contributed by atoms with E-state index in [0.29, 0.717) is 13.0 Å². The van der Waals surface area contributed by atoms with Gasteiger partial charge in [0.2, 0.25) is 0 Å². The van der Waals surface area contributed by atoms with Crippen molar-refractivity contribution in [2.75, 3.05) is 6.61 Å². The summed E-state index contributed by atoms with van der Waals surface area (Å²) in [6, 6.07) is 0. The Morgan fingerprint density at radius 2 is 1.65 bits per heavy atom. The molecule has 0 saturated heterocycles. The minimum Gasteiger partial charge on any atom is -0.481 e.